The largest absolute Gasteiger partial charge is 0.276 e. The topological polar surface area (TPSA) is 65.1 Å². The minimum absolute atomic E-state index is 0.0739. The lowest BCUT2D eigenvalue weighted by Gasteiger charge is -2.10. The minimum Gasteiger partial charge on any atom is -0.276 e. The SMILES string of the molecule is Cc1ccc(-n2cnnc2SCc2cc(=O)n3cccc(C)c3n2)c(C)c1. The van der Waals surface area contributed by atoms with E-state index in [1.54, 1.807) is 23.0 Å². The van der Waals surface area contributed by atoms with E-state index in [2.05, 4.69) is 47.2 Å². The maximum atomic E-state index is 12.4. The molecule has 0 N–H and O–H groups in total. The number of hydrogen-bond donors (Lipinski definition) is 0. The number of fused-ring (bicyclic) bond motifs is 1. The van der Waals surface area contributed by atoms with Gasteiger partial charge in [-0.2, -0.15) is 0 Å². The average molecular weight is 377 g/mol. The minimum atomic E-state index is -0.0739. The number of rotatable bonds is 4. The zero-order valence-electron chi connectivity index (χ0n) is 15.4. The molecule has 4 aromatic rings. The highest BCUT2D eigenvalue weighted by atomic mass is 32.2. The predicted molar refractivity (Wildman–Crippen MR) is 107 cm³/mol. The Hall–Kier alpha value is -2.93. The molecule has 6 nitrogen and oxygen atoms in total. The third kappa shape index (κ3) is 3.38. The molecule has 1 aromatic carbocycles. The van der Waals surface area contributed by atoms with Crippen LogP contribution in [0.4, 0.5) is 0 Å². The Morgan fingerprint density at radius 3 is 2.74 bits per heavy atom. The van der Waals surface area contributed by atoms with Crippen molar-refractivity contribution < 1.29 is 0 Å². The summed E-state index contributed by atoms with van der Waals surface area (Å²) in [5.41, 5.74) is 5.75. The van der Waals surface area contributed by atoms with Gasteiger partial charge in [0.05, 0.1) is 11.4 Å². The fourth-order valence-electron chi connectivity index (χ4n) is 3.09. The van der Waals surface area contributed by atoms with Gasteiger partial charge in [-0.3, -0.25) is 13.8 Å². The van der Waals surface area contributed by atoms with Crippen LogP contribution in [-0.2, 0) is 5.75 Å². The predicted octanol–water partition coefficient (Wildman–Crippen LogP) is 3.49. The summed E-state index contributed by atoms with van der Waals surface area (Å²) in [5, 5.41) is 9.07. The van der Waals surface area contributed by atoms with Crippen LogP contribution in [0.5, 0.6) is 0 Å². The molecule has 3 heterocycles. The summed E-state index contributed by atoms with van der Waals surface area (Å²) in [4.78, 5) is 17.0. The van der Waals surface area contributed by atoms with Gasteiger partial charge in [0, 0.05) is 18.0 Å². The van der Waals surface area contributed by atoms with E-state index in [-0.39, 0.29) is 5.56 Å². The van der Waals surface area contributed by atoms with E-state index >= 15 is 0 Å². The number of thioether (sulfide) groups is 1. The number of nitrogens with zero attached hydrogens (tertiary/aromatic N) is 5. The molecule has 3 aromatic heterocycles. The molecular weight excluding hydrogens is 358 g/mol. The molecule has 0 aliphatic carbocycles. The molecule has 0 unspecified atom stereocenters. The first kappa shape index (κ1) is 17.5. The van der Waals surface area contributed by atoms with Crippen molar-refractivity contribution in [1.29, 1.82) is 0 Å². The molecular formula is C20H19N5OS. The van der Waals surface area contributed by atoms with Crippen LogP contribution >= 0.6 is 11.8 Å². The van der Waals surface area contributed by atoms with Gasteiger partial charge in [0.15, 0.2) is 5.16 Å². The van der Waals surface area contributed by atoms with Crippen molar-refractivity contribution in [3.8, 4) is 5.69 Å². The summed E-state index contributed by atoms with van der Waals surface area (Å²) in [5.74, 6) is 0.545. The first-order valence-electron chi connectivity index (χ1n) is 8.61. The van der Waals surface area contributed by atoms with Crippen LogP contribution in [0.1, 0.15) is 22.4 Å². The van der Waals surface area contributed by atoms with E-state index < -0.39 is 0 Å². The molecule has 136 valence electrons. The van der Waals surface area contributed by atoms with Crippen LogP contribution in [-0.4, -0.2) is 24.1 Å². The zero-order valence-corrected chi connectivity index (χ0v) is 16.2. The molecule has 4 rings (SSSR count). The highest BCUT2D eigenvalue weighted by Crippen LogP contribution is 2.24. The van der Waals surface area contributed by atoms with E-state index in [1.807, 2.05) is 23.6 Å². The summed E-state index contributed by atoms with van der Waals surface area (Å²) >= 11 is 1.52. The maximum Gasteiger partial charge on any atom is 0.258 e. The Morgan fingerprint density at radius 2 is 1.93 bits per heavy atom. The van der Waals surface area contributed by atoms with Crippen molar-refractivity contribution in [3.63, 3.8) is 0 Å². The lowest BCUT2D eigenvalue weighted by molar-refractivity contribution is 0.876. The Kier molecular flexibility index (Phi) is 4.53. The molecule has 0 aliphatic heterocycles. The summed E-state index contributed by atoms with van der Waals surface area (Å²) in [7, 11) is 0. The van der Waals surface area contributed by atoms with Crippen molar-refractivity contribution in [2.45, 2.75) is 31.7 Å². The Morgan fingerprint density at radius 1 is 1.07 bits per heavy atom. The molecule has 0 spiro atoms. The van der Waals surface area contributed by atoms with E-state index in [0.29, 0.717) is 11.4 Å². The average Bonchev–Trinajstić information content (AvgIpc) is 3.09. The van der Waals surface area contributed by atoms with Crippen molar-refractivity contribution in [2.24, 2.45) is 0 Å². The molecule has 0 amide bonds. The van der Waals surface area contributed by atoms with Crippen LogP contribution in [0.15, 0.2) is 58.9 Å². The second kappa shape index (κ2) is 7.00. The van der Waals surface area contributed by atoms with Crippen molar-refractivity contribution in [2.75, 3.05) is 0 Å². The molecule has 0 bridgehead atoms. The van der Waals surface area contributed by atoms with Gasteiger partial charge in [0.2, 0.25) is 0 Å². The summed E-state index contributed by atoms with van der Waals surface area (Å²) in [6.07, 6.45) is 3.46. The highest BCUT2D eigenvalue weighted by Gasteiger charge is 2.11. The Bertz CT molecular complexity index is 1190. The lowest BCUT2D eigenvalue weighted by Crippen LogP contribution is -2.15. The standard InChI is InChI=1S/C20H19N5OS/c1-13-6-7-17(15(3)9-13)25-12-21-23-20(25)27-11-16-10-18(26)24-8-4-5-14(2)19(24)22-16/h4-10,12H,11H2,1-3H3. The second-order valence-corrected chi connectivity index (χ2v) is 7.48. The van der Waals surface area contributed by atoms with Gasteiger partial charge >= 0.3 is 0 Å². The first-order chi connectivity index (χ1) is 13.0. The monoisotopic (exact) mass is 377 g/mol. The smallest absolute Gasteiger partial charge is 0.258 e. The van der Waals surface area contributed by atoms with Crippen molar-refractivity contribution in [3.05, 3.63) is 81.7 Å². The summed E-state index contributed by atoms with van der Waals surface area (Å²) < 4.78 is 3.54. The lowest BCUT2D eigenvalue weighted by atomic mass is 10.1. The van der Waals surface area contributed by atoms with Crippen LogP contribution in [0.3, 0.4) is 0 Å². The fraction of sp³-hybridized carbons (Fsp3) is 0.200. The van der Waals surface area contributed by atoms with Gasteiger partial charge in [0.25, 0.3) is 5.56 Å². The van der Waals surface area contributed by atoms with Crippen LogP contribution < -0.4 is 5.56 Å². The third-order valence-electron chi connectivity index (χ3n) is 4.42. The van der Waals surface area contributed by atoms with E-state index in [9.17, 15) is 4.79 Å². The van der Waals surface area contributed by atoms with Crippen molar-refractivity contribution in [1.82, 2.24) is 24.1 Å². The zero-order chi connectivity index (χ0) is 19.0. The highest BCUT2D eigenvalue weighted by molar-refractivity contribution is 7.98. The quantitative estimate of drug-likeness (QED) is 0.509. The fourth-order valence-corrected chi connectivity index (χ4v) is 3.90. The first-order valence-corrected chi connectivity index (χ1v) is 9.60. The molecule has 0 fully saturated rings. The molecule has 0 saturated heterocycles. The van der Waals surface area contributed by atoms with Crippen LogP contribution in [0.25, 0.3) is 11.3 Å². The Labute approximate surface area is 160 Å². The Balaban J connectivity index is 1.64. The van der Waals surface area contributed by atoms with E-state index in [1.165, 1.54) is 17.3 Å². The molecule has 27 heavy (non-hydrogen) atoms. The van der Waals surface area contributed by atoms with Gasteiger partial charge in [-0.25, -0.2) is 4.98 Å². The number of pyridine rings is 1. The van der Waals surface area contributed by atoms with Gasteiger partial charge in [-0.05, 0) is 44.0 Å². The summed E-state index contributed by atoms with van der Waals surface area (Å²) in [6, 6.07) is 11.7. The summed E-state index contributed by atoms with van der Waals surface area (Å²) in [6.45, 7) is 6.10. The van der Waals surface area contributed by atoms with Gasteiger partial charge in [-0.15, -0.1) is 10.2 Å². The molecule has 0 radical (unpaired) electrons. The number of aromatic nitrogens is 5. The van der Waals surface area contributed by atoms with Gasteiger partial charge in [-0.1, -0.05) is 35.5 Å². The third-order valence-corrected chi connectivity index (χ3v) is 5.39. The maximum absolute atomic E-state index is 12.4. The molecule has 0 aliphatic rings. The normalized spacial score (nSPS) is 11.2. The number of hydrogen-bond acceptors (Lipinski definition) is 5. The van der Waals surface area contributed by atoms with E-state index in [0.717, 1.165) is 27.7 Å². The van der Waals surface area contributed by atoms with Gasteiger partial charge < -0.3 is 0 Å². The number of benzene rings is 1. The van der Waals surface area contributed by atoms with Crippen molar-refractivity contribution >= 4 is 17.4 Å². The van der Waals surface area contributed by atoms with E-state index in [4.69, 9.17) is 0 Å². The van der Waals surface area contributed by atoms with Gasteiger partial charge in [0.1, 0.15) is 12.0 Å². The number of aryl methyl sites for hydroxylation is 3. The second-order valence-electron chi connectivity index (χ2n) is 6.53. The molecule has 0 atom stereocenters. The van der Waals surface area contributed by atoms with Crippen LogP contribution in [0, 0.1) is 20.8 Å². The van der Waals surface area contributed by atoms with Crippen LogP contribution in [0.2, 0.25) is 0 Å². The molecule has 7 heteroatoms. The molecule has 0 saturated carbocycles.